The van der Waals surface area contributed by atoms with Gasteiger partial charge in [0.1, 0.15) is 0 Å². The SMILES string of the molecule is C1CNCC(CNC2CCOC2C2CC2)C1. The Morgan fingerprint density at radius 2 is 2.12 bits per heavy atom. The van der Waals surface area contributed by atoms with Crippen LogP contribution in [0.3, 0.4) is 0 Å². The van der Waals surface area contributed by atoms with Crippen LogP contribution in [0.2, 0.25) is 0 Å². The van der Waals surface area contributed by atoms with Crippen molar-refractivity contribution in [1.82, 2.24) is 10.6 Å². The van der Waals surface area contributed by atoms with Crippen molar-refractivity contribution in [2.45, 2.75) is 44.2 Å². The van der Waals surface area contributed by atoms with Gasteiger partial charge >= 0.3 is 0 Å². The lowest BCUT2D eigenvalue weighted by Crippen LogP contribution is -2.43. The summed E-state index contributed by atoms with van der Waals surface area (Å²) in [6.45, 7) is 4.58. The van der Waals surface area contributed by atoms with Crippen LogP contribution in [0.5, 0.6) is 0 Å². The zero-order valence-corrected chi connectivity index (χ0v) is 10.1. The third-order valence-corrected chi connectivity index (χ3v) is 4.29. The molecule has 2 heterocycles. The molecule has 0 spiro atoms. The average Bonchev–Trinajstić information content (AvgIpc) is 3.07. The van der Waals surface area contributed by atoms with E-state index in [0.29, 0.717) is 12.1 Å². The summed E-state index contributed by atoms with van der Waals surface area (Å²) in [5, 5.41) is 7.24. The Hall–Kier alpha value is -0.120. The van der Waals surface area contributed by atoms with Gasteiger partial charge in [-0.1, -0.05) is 0 Å². The van der Waals surface area contributed by atoms with Crippen molar-refractivity contribution < 1.29 is 4.74 Å². The molecule has 1 saturated carbocycles. The highest BCUT2D eigenvalue weighted by Crippen LogP contribution is 2.38. The predicted octanol–water partition coefficient (Wildman–Crippen LogP) is 1.14. The van der Waals surface area contributed by atoms with Crippen molar-refractivity contribution in [2.75, 3.05) is 26.2 Å². The summed E-state index contributed by atoms with van der Waals surface area (Å²) in [6, 6.07) is 0.648. The van der Waals surface area contributed by atoms with Gasteiger partial charge in [0, 0.05) is 12.6 Å². The molecule has 0 aromatic heterocycles. The van der Waals surface area contributed by atoms with E-state index in [0.717, 1.165) is 18.4 Å². The molecule has 0 aromatic carbocycles. The van der Waals surface area contributed by atoms with Gasteiger partial charge in [-0.15, -0.1) is 0 Å². The quantitative estimate of drug-likeness (QED) is 0.751. The molecule has 2 N–H and O–H groups in total. The summed E-state index contributed by atoms with van der Waals surface area (Å²) >= 11 is 0. The van der Waals surface area contributed by atoms with Crippen LogP contribution in [0.25, 0.3) is 0 Å². The zero-order valence-electron chi connectivity index (χ0n) is 10.1. The maximum absolute atomic E-state index is 5.85. The van der Waals surface area contributed by atoms with E-state index in [9.17, 15) is 0 Å². The largest absolute Gasteiger partial charge is 0.376 e. The van der Waals surface area contributed by atoms with E-state index in [4.69, 9.17) is 4.74 Å². The summed E-state index contributed by atoms with van der Waals surface area (Å²) in [4.78, 5) is 0. The van der Waals surface area contributed by atoms with Crippen molar-refractivity contribution in [3.63, 3.8) is 0 Å². The molecule has 2 aliphatic heterocycles. The standard InChI is InChI=1S/C13H24N2O/c1-2-10(8-14-6-1)9-15-12-5-7-16-13(12)11-3-4-11/h10-15H,1-9H2. The van der Waals surface area contributed by atoms with Gasteiger partial charge in [0.05, 0.1) is 6.10 Å². The fourth-order valence-electron chi connectivity index (χ4n) is 3.14. The number of rotatable bonds is 4. The molecule has 16 heavy (non-hydrogen) atoms. The topological polar surface area (TPSA) is 33.3 Å². The van der Waals surface area contributed by atoms with E-state index < -0.39 is 0 Å². The van der Waals surface area contributed by atoms with Crippen LogP contribution in [0.1, 0.15) is 32.1 Å². The molecule has 2 saturated heterocycles. The minimum absolute atomic E-state index is 0.538. The van der Waals surface area contributed by atoms with Crippen LogP contribution in [0, 0.1) is 11.8 Å². The Kier molecular flexibility index (Phi) is 3.46. The number of hydrogen-bond donors (Lipinski definition) is 2. The van der Waals surface area contributed by atoms with Crippen molar-refractivity contribution >= 4 is 0 Å². The highest BCUT2D eigenvalue weighted by Gasteiger charge is 2.40. The molecule has 3 fully saturated rings. The Balaban J connectivity index is 1.42. The normalized spacial score (nSPS) is 40.1. The fourth-order valence-corrected chi connectivity index (χ4v) is 3.14. The summed E-state index contributed by atoms with van der Waals surface area (Å²) in [6.07, 6.45) is 7.29. The van der Waals surface area contributed by atoms with Crippen molar-refractivity contribution in [1.29, 1.82) is 0 Å². The Labute approximate surface area is 98.3 Å². The van der Waals surface area contributed by atoms with Gasteiger partial charge in [0.2, 0.25) is 0 Å². The van der Waals surface area contributed by atoms with E-state index in [-0.39, 0.29) is 0 Å². The van der Waals surface area contributed by atoms with Crippen molar-refractivity contribution in [3.05, 3.63) is 0 Å². The van der Waals surface area contributed by atoms with Crippen LogP contribution in [0.4, 0.5) is 0 Å². The maximum Gasteiger partial charge on any atom is 0.0756 e. The fraction of sp³-hybridized carbons (Fsp3) is 1.00. The first-order chi connectivity index (χ1) is 7.93. The summed E-state index contributed by atoms with van der Waals surface area (Å²) in [7, 11) is 0. The second-order valence-corrected chi connectivity index (χ2v) is 5.69. The number of ether oxygens (including phenoxy) is 1. The van der Waals surface area contributed by atoms with E-state index >= 15 is 0 Å². The molecular formula is C13H24N2O. The zero-order chi connectivity index (χ0) is 10.8. The Morgan fingerprint density at radius 3 is 2.88 bits per heavy atom. The molecule has 3 atom stereocenters. The van der Waals surface area contributed by atoms with Crippen molar-refractivity contribution in [2.24, 2.45) is 11.8 Å². The monoisotopic (exact) mass is 224 g/mol. The van der Waals surface area contributed by atoms with Gasteiger partial charge in [-0.05, 0) is 63.6 Å². The number of nitrogens with one attached hydrogen (secondary N) is 2. The minimum atomic E-state index is 0.538. The molecule has 0 amide bonds. The minimum Gasteiger partial charge on any atom is -0.376 e. The molecule has 3 heteroatoms. The lowest BCUT2D eigenvalue weighted by atomic mass is 9.98. The lowest BCUT2D eigenvalue weighted by molar-refractivity contribution is 0.0801. The van der Waals surface area contributed by atoms with Crippen LogP contribution in [0.15, 0.2) is 0 Å². The van der Waals surface area contributed by atoms with E-state index in [2.05, 4.69) is 10.6 Å². The molecule has 92 valence electrons. The average molecular weight is 224 g/mol. The molecule has 0 aromatic rings. The molecule has 3 aliphatic rings. The highest BCUT2D eigenvalue weighted by molar-refractivity contribution is 4.93. The Morgan fingerprint density at radius 1 is 1.19 bits per heavy atom. The number of piperidine rings is 1. The van der Waals surface area contributed by atoms with E-state index in [1.807, 2.05) is 0 Å². The van der Waals surface area contributed by atoms with Gasteiger partial charge in [-0.3, -0.25) is 0 Å². The second kappa shape index (κ2) is 5.03. The van der Waals surface area contributed by atoms with Gasteiger partial charge in [0.15, 0.2) is 0 Å². The predicted molar refractivity (Wildman–Crippen MR) is 64.5 cm³/mol. The second-order valence-electron chi connectivity index (χ2n) is 5.69. The first-order valence-electron chi connectivity index (χ1n) is 6.99. The summed E-state index contributed by atoms with van der Waals surface area (Å²) in [5.74, 6) is 1.72. The molecular weight excluding hydrogens is 200 g/mol. The maximum atomic E-state index is 5.85. The van der Waals surface area contributed by atoms with Crippen LogP contribution in [-0.4, -0.2) is 38.4 Å². The van der Waals surface area contributed by atoms with Gasteiger partial charge in [0.25, 0.3) is 0 Å². The summed E-state index contributed by atoms with van der Waals surface area (Å²) < 4.78 is 5.85. The third-order valence-electron chi connectivity index (χ3n) is 4.29. The smallest absolute Gasteiger partial charge is 0.0756 e. The molecule has 3 unspecified atom stereocenters. The number of hydrogen-bond acceptors (Lipinski definition) is 3. The molecule has 0 radical (unpaired) electrons. The van der Waals surface area contributed by atoms with Crippen LogP contribution in [-0.2, 0) is 4.74 Å². The Bertz CT molecular complexity index is 224. The molecule has 3 rings (SSSR count). The van der Waals surface area contributed by atoms with Gasteiger partial charge < -0.3 is 15.4 Å². The molecule has 3 nitrogen and oxygen atoms in total. The van der Waals surface area contributed by atoms with Crippen LogP contribution < -0.4 is 10.6 Å². The first kappa shape index (κ1) is 11.0. The van der Waals surface area contributed by atoms with Gasteiger partial charge in [-0.25, -0.2) is 0 Å². The van der Waals surface area contributed by atoms with Crippen LogP contribution >= 0.6 is 0 Å². The first-order valence-corrected chi connectivity index (χ1v) is 6.99. The molecule has 0 bridgehead atoms. The van der Waals surface area contributed by atoms with Gasteiger partial charge in [-0.2, -0.15) is 0 Å². The third kappa shape index (κ3) is 2.58. The molecule has 1 aliphatic carbocycles. The highest BCUT2D eigenvalue weighted by atomic mass is 16.5. The van der Waals surface area contributed by atoms with E-state index in [1.54, 1.807) is 0 Å². The lowest BCUT2D eigenvalue weighted by Gasteiger charge is -2.26. The van der Waals surface area contributed by atoms with E-state index in [1.165, 1.54) is 51.7 Å². The van der Waals surface area contributed by atoms with Crippen molar-refractivity contribution in [3.8, 4) is 0 Å². The summed E-state index contributed by atoms with van der Waals surface area (Å²) in [5.41, 5.74) is 0.